The number of hydrogen-bond acceptors (Lipinski definition) is 4. The predicted molar refractivity (Wildman–Crippen MR) is 106 cm³/mol. The smallest absolute Gasteiger partial charge is 0.223 e. The van der Waals surface area contributed by atoms with Gasteiger partial charge in [-0.3, -0.25) is 0 Å². The molecule has 0 saturated carbocycles. The second-order valence-corrected chi connectivity index (χ2v) is 10.1. The number of piperazine rings is 1. The third-order valence-electron chi connectivity index (χ3n) is 5.37. The predicted octanol–water partition coefficient (Wildman–Crippen LogP) is 3.48. The molecule has 3 rings (SSSR count). The number of methoxy groups -OCH3 is 1. The monoisotopic (exact) mass is 412 g/mol. The van der Waals surface area contributed by atoms with Crippen LogP contribution in [-0.2, 0) is 10.0 Å². The molecule has 1 fully saturated rings. The molecule has 1 aromatic carbocycles. The minimum atomic E-state index is -3.58. The van der Waals surface area contributed by atoms with E-state index in [0.717, 1.165) is 23.3 Å². The normalized spacial score (nSPS) is 24.0. The van der Waals surface area contributed by atoms with E-state index in [2.05, 4.69) is 0 Å². The SMILES string of the molecule is COc1cc(F)c(N2CCN(S(=O)(=O)C3(C)C=C(C)C=C(C)C3)CC2)cc1F. The number of hydrogen-bond donors (Lipinski definition) is 0. The van der Waals surface area contributed by atoms with Gasteiger partial charge < -0.3 is 9.64 Å². The molecule has 5 nitrogen and oxygen atoms in total. The maximum Gasteiger partial charge on any atom is 0.223 e. The van der Waals surface area contributed by atoms with Crippen molar-refractivity contribution in [2.75, 3.05) is 38.2 Å². The number of ether oxygens (including phenoxy) is 1. The van der Waals surface area contributed by atoms with E-state index in [1.165, 1.54) is 11.4 Å². The van der Waals surface area contributed by atoms with Crippen LogP contribution in [0.4, 0.5) is 14.5 Å². The van der Waals surface area contributed by atoms with Gasteiger partial charge in [-0.25, -0.2) is 17.2 Å². The van der Waals surface area contributed by atoms with Gasteiger partial charge in [-0.05, 0) is 27.2 Å². The van der Waals surface area contributed by atoms with E-state index in [0.29, 0.717) is 6.42 Å². The van der Waals surface area contributed by atoms with Crippen molar-refractivity contribution in [2.24, 2.45) is 0 Å². The highest BCUT2D eigenvalue weighted by atomic mass is 32.2. The molecule has 0 aromatic heterocycles. The summed E-state index contributed by atoms with van der Waals surface area (Å²) in [4.78, 5) is 1.67. The number of allylic oxidation sites excluding steroid dienone is 3. The second kappa shape index (κ2) is 7.48. The summed E-state index contributed by atoms with van der Waals surface area (Å²) < 4.78 is 60.2. The Labute approximate surface area is 165 Å². The van der Waals surface area contributed by atoms with E-state index in [9.17, 15) is 17.2 Å². The first-order chi connectivity index (χ1) is 13.1. The maximum atomic E-state index is 14.3. The Hall–Kier alpha value is -1.93. The lowest BCUT2D eigenvalue weighted by molar-refractivity contribution is 0.367. The fraction of sp³-hybridized carbons (Fsp3) is 0.500. The van der Waals surface area contributed by atoms with Crippen LogP contribution in [0.25, 0.3) is 0 Å². The molecule has 1 saturated heterocycles. The summed E-state index contributed by atoms with van der Waals surface area (Å²) in [5, 5.41) is 0. The Morgan fingerprint density at radius 3 is 2.29 bits per heavy atom. The van der Waals surface area contributed by atoms with Crippen LogP contribution < -0.4 is 9.64 Å². The molecular weight excluding hydrogens is 386 g/mol. The molecular formula is C20H26F2N2O3S. The van der Waals surface area contributed by atoms with Gasteiger partial charge in [0.05, 0.1) is 12.8 Å². The largest absolute Gasteiger partial charge is 0.494 e. The lowest BCUT2D eigenvalue weighted by Gasteiger charge is -2.40. The summed E-state index contributed by atoms with van der Waals surface area (Å²) in [5.41, 5.74) is 2.08. The number of nitrogens with zero attached hydrogens (tertiary/aromatic N) is 2. The Morgan fingerprint density at radius 1 is 1.07 bits per heavy atom. The topological polar surface area (TPSA) is 49.9 Å². The van der Waals surface area contributed by atoms with Crippen LogP contribution >= 0.6 is 0 Å². The van der Waals surface area contributed by atoms with Gasteiger partial charge in [0.1, 0.15) is 10.6 Å². The van der Waals surface area contributed by atoms with Gasteiger partial charge in [0.15, 0.2) is 11.6 Å². The van der Waals surface area contributed by atoms with Crippen molar-refractivity contribution >= 4 is 15.7 Å². The highest BCUT2D eigenvalue weighted by Gasteiger charge is 2.43. The molecule has 0 radical (unpaired) electrons. The molecule has 1 atom stereocenters. The summed E-state index contributed by atoms with van der Waals surface area (Å²) >= 11 is 0. The summed E-state index contributed by atoms with van der Waals surface area (Å²) in [7, 11) is -2.31. The van der Waals surface area contributed by atoms with Crippen molar-refractivity contribution in [1.82, 2.24) is 4.31 Å². The van der Waals surface area contributed by atoms with Crippen molar-refractivity contribution in [3.8, 4) is 5.75 Å². The van der Waals surface area contributed by atoms with E-state index in [1.54, 1.807) is 17.9 Å². The van der Waals surface area contributed by atoms with Crippen LogP contribution in [0.3, 0.4) is 0 Å². The van der Waals surface area contributed by atoms with Gasteiger partial charge in [0.2, 0.25) is 10.0 Å². The third-order valence-corrected chi connectivity index (χ3v) is 7.85. The van der Waals surface area contributed by atoms with Crippen LogP contribution in [0, 0.1) is 11.6 Å². The average Bonchev–Trinajstić information content (AvgIpc) is 2.62. The summed E-state index contributed by atoms with van der Waals surface area (Å²) in [6.45, 7) is 6.60. The van der Waals surface area contributed by atoms with Crippen LogP contribution in [0.1, 0.15) is 27.2 Å². The zero-order valence-electron chi connectivity index (χ0n) is 16.6. The number of anilines is 1. The van der Waals surface area contributed by atoms with Crippen molar-refractivity contribution in [3.63, 3.8) is 0 Å². The number of benzene rings is 1. The maximum absolute atomic E-state index is 14.3. The lowest BCUT2D eigenvalue weighted by Crippen LogP contribution is -2.54. The minimum Gasteiger partial charge on any atom is -0.494 e. The van der Waals surface area contributed by atoms with E-state index >= 15 is 0 Å². The fourth-order valence-electron chi connectivity index (χ4n) is 4.11. The molecule has 1 aliphatic heterocycles. The molecule has 0 N–H and O–H groups in total. The lowest BCUT2D eigenvalue weighted by atomic mass is 9.92. The van der Waals surface area contributed by atoms with Crippen LogP contribution in [0.15, 0.2) is 35.4 Å². The molecule has 1 heterocycles. The number of rotatable bonds is 4. The van der Waals surface area contributed by atoms with Crippen molar-refractivity contribution in [2.45, 2.75) is 31.9 Å². The van der Waals surface area contributed by atoms with Gasteiger partial charge >= 0.3 is 0 Å². The molecule has 154 valence electrons. The first-order valence-corrected chi connectivity index (χ1v) is 10.7. The van der Waals surface area contributed by atoms with E-state index in [1.807, 2.05) is 19.9 Å². The van der Waals surface area contributed by atoms with Crippen molar-refractivity contribution in [3.05, 3.63) is 47.1 Å². The Kier molecular flexibility index (Phi) is 5.55. The molecule has 0 bridgehead atoms. The number of halogens is 2. The molecule has 1 unspecified atom stereocenters. The first kappa shape index (κ1) is 20.8. The van der Waals surface area contributed by atoms with Crippen molar-refractivity contribution < 1.29 is 21.9 Å². The van der Waals surface area contributed by atoms with Crippen LogP contribution in [-0.4, -0.2) is 50.8 Å². The summed E-state index contributed by atoms with van der Waals surface area (Å²) in [6.07, 6.45) is 4.25. The fourth-order valence-corrected chi connectivity index (χ4v) is 6.09. The number of sulfonamides is 1. The molecule has 2 aliphatic rings. The summed E-state index contributed by atoms with van der Waals surface area (Å²) in [5.74, 6) is -1.39. The van der Waals surface area contributed by atoms with Crippen LogP contribution in [0.5, 0.6) is 5.75 Å². The molecule has 8 heteroatoms. The van der Waals surface area contributed by atoms with Gasteiger partial charge in [0, 0.05) is 38.3 Å². The average molecular weight is 413 g/mol. The highest BCUT2D eigenvalue weighted by molar-refractivity contribution is 7.90. The molecule has 1 aliphatic carbocycles. The van der Waals surface area contributed by atoms with E-state index in [4.69, 9.17) is 4.74 Å². The van der Waals surface area contributed by atoms with Crippen molar-refractivity contribution in [1.29, 1.82) is 0 Å². The second-order valence-electron chi connectivity index (χ2n) is 7.70. The van der Waals surface area contributed by atoms with E-state index in [-0.39, 0.29) is 37.6 Å². The van der Waals surface area contributed by atoms with Gasteiger partial charge in [-0.2, -0.15) is 4.31 Å². The standard InChI is InChI=1S/C20H26F2N2O3S/c1-14-9-15(2)13-20(3,12-14)28(25,26)24-7-5-23(6-8-24)18-10-17(22)19(27-4)11-16(18)21/h9-12H,5-8,13H2,1-4H3. The zero-order chi connectivity index (χ0) is 20.7. The Morgan fingerprint density at radius 2 is 1.71 bits per heavy atom. The summed E-state index contributed by atoms with van der Waals surface area (Å²) in [6, 6.07) is 2.11. The molecule has 0 spiro atoms. The minimum absolute atomic E-state index is 0.119. The molecule has 0 amide bonds. The molecule has 1 aromatic rings. The molecule has 28 heavy (non-hydrogen) atoms. The highest BCUT2D eigenvalue weighted by Crippen LogP contribution is 2.36. The third kappa shape index (κ3) is 3.67. The van der Waals surface area contributed by atoms with Crippen LogP contribution in [0.2, 0.25) is 0 Å². The Balaban J connectivity index is 1.77. The Bertz CT molecular complexity index is 935. The van der Waals surface area contributed by atoms with E-state index < -0.39 is 26.4 Å². The quantitative estimate of drug-likeness (QED) is 0.760. The first-order valence-electron chi connectivity index (χ1n) is 9.22. The van der Waals surface area contributed by atoms with Gasteiger partial charge in [-0.1, -0.05) is 23.3 Å². The zero-order valence-corrected chi connectivity index (χ0v) is 17.4. The van der Waals surface area contributed by atoms with Gasteiger partial charge in [0.25, 0.3) is 0 Å². The van der Waals surface area contributed by atoms with Gasteiger partial charge in [-0.15, -0.1) is 0 Å².